The van der Waals surface area contributed by atoms with Crippen molar-refractivity contribution in [1.29, 1.82) is 0 Å². The number of amides is 1. The SMILES string of the molecule is Cc1cccc(N2C(=O)C(=O)/C(=C(/O)c3ccc(Br)cc3)C2c2ccccc2)c1C. The number of carbonyl (C=O) groups excluding carboxylic acids is 2. The largest absolute Gasteiger partial charge is 0.507 e. The first-order valence-corrected chi connectivity index (χ1v) is 10.4. The van der Waals surface area contributed by atoms with Crippen LogP contribution in [0.2, 0.25) is 0 Å². The highest BCUT2D eigenvalue weighted by atomic mass is 79.9. The summed E-state index contributed by atoms with van der Waals surface area (Å²) >= 11 is 3.38. The van der Waals surface area contributed by atoms with Crippen LogP contribution < -0.4 is 4.90 Å². The Kier molecular flexibility index (Phi) is 5.31. The maximum Gasteiger partial charge on any atom is 0.300 e. The second-order valence-electron chi connectivity index (χ2n) is 7.31. The van der Waals surface area contributed by atoms with Crippen molar-refractivity contribution in [2.45, 2.75) is 19.9 Å². The number of hydrogen-bond acceptors (Lipinski definition) is 3. The molecule has 150 valence electrons. The first-order valence-electron chi connectivity index (χ1n) is 9.58. The zero-order chi connectivity index (χ0) is 21.4. The minimum absolute atomic E-state index is 0.0921. The number of aryl methyl sites for hydroxylation is 1. The van der Waals surface area contributed by atoms with Crippen LogP contribution in [-0.2, 0) is 9.59 Å². The summed E-state index contributed by atoms with van der Waals surface area (Å²) in [7, 11) is 0. The van der Waals surface area contributed by atoms with E-state index in [0.717, 1.165) is 21.2 Å². The number of aliphatic hydroxyl groups excluding tert-OH is 1. The zero-order valence-corrected chi connectivity index (χ0v) is 18.2. The van der Waals surface area contributed by atoms with Gasteiger partial charge >= 0.3 is 0 Å². The summed E-state index contributed by atoms with van der Waals surface area (Å²) in [6, 6.07) is 21.3. The molecule has 1 aliphatic heterocycles. The Balaban J connectivity index is 1.97. The fourth-order valence-corrected chi connectivity index (χ4v) is 4.06. The number of benzene rings is 3. The lowest BCUT2D eigenvalue weighted by Crippen LogP contribution is -2.30. The molecule has 1 atom stereocenters. The highest BCUT2D eigenvalue weighted by Crippen LogP contribution is 2.43. The van der Waals surface area contributed by atoms with Gasteiger partial charge in [0.2, 0.25) is 0 Å². The van der Waals surface area contributed by atoms with Crippen LogP contribution in [0.1, 0.15) is 28.3 Å². The average Bonchev–Trinajstić information content (AvgIpc) is 3.01. The molecule has 3 aromatic rings. The summed E-state index contributed by atoms with van der Waals surface area (Å²) in [5.41, 5.74) is 3.95. The number of hydrogen-bond donors (Lipinski definition) is 1. The van der Waals surface area contributed by atoms with E-state index in [2.05, 4.69) is 15.9 Å². The molecule has 0 bridgehead atoms. The van der Waals surface area contributed by atoms with E-state index in [0.29, 0.717) is 11.3 Å². The molecule has 5 heteroatoms. The maximum atomic E-state index is 13.2. The van der Waals surface area contributed by atoms with Crippen molar-refractivity contribution >= 4 is 39.1 Å². The van der Waals surface area contributed by atoms with Gasteiger partial charge in [-0.25, -0.2) is 0 Å². The van der Waals surface area contributed by atoms with E-state index in [-0.39, 0.29) is 11.3 Å². The van der Waals surface area contributed by atoms with E-state index in [1.165, 1.54) is 4.90 Å². The molecule has 30 heavy (non-hydrogen) atoms. The van der Waals surface area contributed by atoms with Crippen molar-refractivity contribution in [3.05, 3.63) is 105 Å². The number of aliphatic hydroxyl groups is 1. The van der Waals surface area contributed by atoms with E-state index in [9.17, 15) is 14.7 Å². The van der Waals surface area contributed by atoms with Crippen molar-refractivity contribution in [3.63, 3.8) is 0 Å². The number of rotatable bonds is 3. The number of ketones is 1. The fourth-order valence-electron chi connectivity index (χ4n) is 3.79. The lowest BCUT2D eigenvalue weighted by atomic mass is 9.95. The number of carbonyl (C=O) groups is 2. The van der Waals surface area contributed by atoms with Crippen LogP contribution in [0.4, 0.5) is 5.69 Å². The van der Waals surface area contributed by atoms with Crippen molar-refractivity contribution in [2.24, 2.45) is 0 Å². The lowest BCUT2D eigenvalue weighted by molar-refractivity contribution is -0.132. The molecule has 3 aromatic carbocycles. The second-order valence-corrected chi connectivity index (χ2v) is 8.22. The molecule has 1 N–H and O–H groups in total. The molecule has 1 aliphatic rings. The summed E-state index contributed by atoms with van der Waals surface area (Å²) in [5.74, 6) is -1.51. The Morgan fingerprint density at radius 3 is 2.23 bits per heavy atom. The highest BCUT2D eigenvalue weighted by molar-refractivity contribution is 9.10. The van der Waals surface area contributed by atoms with Gasteiger partial charge in [-0.3, -0.25) is 14.5 Å². The van der Waals surface area contributed by atoms with Crippen molar-refractivity contribution in [2.75, 3.05) is 4.90 Å². The first kappa shape index (κ1) is 20.1. The Bertz CT molecular complexity index is 1170. The molecule has 0 spiro atoms. The van der Waals surface area contributed by atoms with Crippen LogP contribution in [0.25, 0.3) is 5.76 Å². The highest BCUT2D eigenvalue weighted by Gasteiger charge is 2.47. The third-order valence-electron chi connectivity index (χ3n) is 5.51. The van der Waals surface area contributed by atoms with Gasteiger partial charge in [-0.15, -0.1) is 0 Å². The van der Waals surface area contributed by atoms with Crippen molar-refractivity contribution < 1.29 is 14.7 Å². The molecule has 1 fully saturated rings. The predicted molar refractivity (Wildman–Crippen MR) is 121 cm³/mol. The Morgan fingerprint density at radius 1 is 0.900 bits per heavy atom. The minimum Gasteiger partial charge on any atom is -0.507 e. The van der Waals surface area contributed by atoms with Crippen LogP contribution >= 0.6 is 15.9 Å². The average molecular weight is 462 g/mol. The molecular weight excluding hydrogens is 442 g/mol. The van der Waals surface area contributed by atoms with Gasteiger partial charge in [0, 0.05) is 15.7 Å². The van der Waals surface area contributed by atoms with E-state index in [1.54, 1.807) is 24.3 Å². The molecule has 0 aliphatic carbocycles. The van der Waals surface area contributed by atoms with Crippen molar-refractivity contribution in [3.8, 4) is 0 Å². The zero-order valence-electron chi connectivity index (χ0n) is 16.6. The van der Waals surface area contributed by atoms with Crippen molar-refractivity contribution in [1.82, 2.24) is 0 Å². The lowest BCUT2D eigenvalue weighted by Gasteiger charge is -2.27. The van der Waals surface area contributed by atoms with Gasteiger partial charge in [0.1, 0.15) is 5.76 Å². The van der Waals surface area contributed by atoms with Gasteiger partial charge in [0.25, 0.3) is 11.7 Å². The number of anilines is 1. The molecule has 0 aromatic heterocycles. The third kappa shape index (κ3) is 3.35. The summed E-state index contributed by atoms with van der Waals surface area (Å²) < 4.78 is 0.856. The van der Waals surface area contributed by atoms with Crippen LogP contribution in [0, 0.1) is 13.8 Å². The minimum atomic E-state index is -0.713. The molecule has 1 heterocycles. The van der Waals surface area contributed by atoms with E-state index >= 15 is 0 Å². The number of nitrogens with zero attached hydrogens (tertiary/aromatic N) is 1. The summed E-state index contributed by atoms with van der Waals surface area (Å²) in [6.07, 6.45) is 0. The van der Waals surface area contributed by atoms with E-state index in [4.69, 9.17) is 0 Å². The summed E-state index contributed by atoms with van der Waals surface area (Å²) in [5, 5.41) is 11.1. The molecule has 4 nitrogen and oxygen atoms in total. The Morgan fingerprint density at radius 2 is 1.57 bits per heavy atom. The van der Waals surface area contributed by atoms with E-state index in [1.807, 2.05) is 62.4 Å². The van der Waals surface area contributed by atoms with Gasteiger partial charge in [-0.2, -0.15) is 0 Å². The van der Waals surface area contributed by atoms with E-state index < -0.39 is 17.7 Å². The summed E-state index contributed by atoms with van der Waals surface area (Å²) in [4.78, 5) is 27.8. The molecule has 1 saturated heterocycles. The molecule has 1 amide bonds. The predicted octanol–water partition coefficient (Wildman–Crippen LogP) is 5.69. The van der Waals surface area contributed by atoms with Gasteiger partial charge in [0.15, 0.2) is 0 Å². The number of Topliss-reactive ketones (excluding diaryl/α,β-unsaturated/α-hetero) is 1. The third-order valence-corrected chi connectivity index (χ3v) is 6.04. The van der Waals surface area contributed by atoms with Crippen LogP contribution in [0.15, 0.2) is 82.8 Å². The van der Waals surface area contributed by atoms with Crippen LogP contribution in [0.5, 0.6) is 0 Å². The normalized spacial score (nSPS) is 18.1. The van der Waals surface area contributed by atoms with Gasteiger partial charge < -0.3 is 5.11 Å². The monoisotopic (exact) mass is 461 g/mol. The first-order chi connectivity index (χ1) is 14.4. The molecule has 1 unspecified atom stereocenters. The van der Waals surface area contributed by atoms with Crippen LogP contribution in [-0.4, -0.2) is 16.8 Å². The maximum absolute atomic E-state index is 13.2. The Labute approximate surface area is 183 Å². The van der Waals surface area contributed by atoms with Gasteiger partial charge in [-0.05, 0) is 48.7 Å². The Hall–Kier alpha value is -3.18. The molecule has 0 saturated carbocycles. The van der Waals surface area contributed by atoms with Gasteiger partial charge in [0.05, 0.1) is 11.6 Å². The molecule has 4 rings (SSSR count). The topological polar surface area (TPSA) is 57.6 Å². The molecule has 0 radical (unpaired) electrons. The second kappa shape index (κ2) is 7.92. The molecular formula is C25H20BrNO3. The van der Waals surface area contributed by atoms with Gasteiger partial charge in [-0.1, -0.05) is 70.5 Å². The quantitative estimate of drug-likeness (QED) is 0.309. The smallest absolute Gasteiger partial charge is 0.300 e. The standard InChI is InChI=1S/C25H20BrNO3/c1-15-7-6-10-20(16(15)2)27-22(17-8-4-3-5-9-17)21(24(29)25(27)30)23(28)18-11-13-19(26)14-12-18/h3-14,22,28H,1-2H3/b23-21+. The fraction of sp³-hybridized carbons (Fsp3) is 0.120. The number of halogens is 1. The van der Waals surface area contributed by atoms with Crippen LogP contribution in [0.3, 0.4) is 0 Å². The summed E-state index contributed by atoms with van der Waals surface area (Å²) in [6.45, 7) is 3.90.